The Balaban J connectivity index is 2.35. The number of nitrogens with one attached hydrogen (secondary N) is 1. The molecule has 2 rings (SSSR count). The first kappa shape index (κ1) is 27.7. The number of hydrogen-bond donors (Lipinski definition) is 1. The molecule has 0 unspecified atom stereocenters. The average Bonchev–Trinajstić information content (AvgIpc) is 2.79. The van der Waals surface area contributed by atoms with Gasteiger partial charge in [0.15, 0.2) is 0 Å². The lowest BCUT2D eigenvalue weighted by molar-refractivity contribution is -0.139. The molecule has 0 aliphatic carbocycles. The molecular weight excluding hydrogens is 474 g/mol. The van der Waals surface area contributed by atoms with Crippen molar-refractivity contribution in [1.82, 2.24) is 10.2 Å². The van der Waals surface area contributed by atoms with Crippen molar-refractivity contribution in [3.8, 4) is 0 Å². The number of carbonyl (C=O) groups excluding carboxylic acids is 2. The van der Waals surface area contributed by atoms with Crippen LogP contribution in [-0.4, -0.2) is 56.6 Å². The molecule has 2 aromatic rings. The Hall–Kier alpha value is -2.58. The average molecular weight is 508 g/mol. The number of halogens is 1. The normalized spacial score (nSPS) is 13.1. The minimum Gasteiger partial charge on any atom is -0.352 e. The smallest absolute Gasteiger partial charge is 0.244 e. The standard InChI is InChI=1S/C25H34ClN3O4S/c1-6-18(2)27-25(31)20(4)28(16-15-21-11-8-7-9-12-21)24(30)17-29(34(5,32)33)23-14-10-13-22(26)19(23)3/h7-14,18,20H,6,15-17H2,1-5H3,(H,27,31)/t18-,20-/m1/s1. The molecule has 0 spiro atoms. The Morgan fingerprint density at radius 2 is 1.71 bits per heavy atom. The Bertz CT molecular complexity index is 1090. The van der Waals surface area contributed by atoms with Crippen molar-refractivity contribution in [2.24, 2.45) is 0 Å². The molecule has 9 heteroatoms. The van der Waals surface area contributed by atoms with Gasteiger partial charge < -0.3 is 10.2 Å². The van der Waals surface area contributed by atoms with E-state index in [-0.39, 0.29) is 18.5 Å². The van der Waals surface area contributed by atoms with Gasteiger partial charge in [0.05, 0.1) is 11.9 Å². The lowest BCUT2D eigenvalue weighted by Crippen LogP contribution is -2.53. The van der Waals surface area contributed by atoms with E-state index in [9.17, 15) is 18.0 Å². The number of sulfonamides is 1. The Kier molecular flexibility index (Phi) is 9.94. The van der Waals surface area contributed by atoms with Crippen molar-refractivity contribution < 1.29 is 18.0 Å². The molecule has 0 saturated heterocycles. The molecule has 2 aromatic carbocycles. The molecule has 0 saturated carbocycles. The molecule has 0 aliphatic rings. The lowest BCUT2D eigenvalue weighted by Gasteiger charge is -2.32. The second kappa shape index (κ2) is 12.2. The Morgan fingerprint density at radius 1 is 1.06 bits per heavy atom. The molecule has 186 valence electrons. The second-order valence-electron chi connectivity index (χ2n) is 8.47. The first-order valence-electron chi connectivity index (χ1n) is 11.3. The summed E-state index contributed by atoms with van der Waals surface area (Å²) in [6.45, 7) is 7.06. The topological polar surface area (TPSA) is 86.8 Å². The van der Waals surface area contributed by atoms with E-state index < -0.39 is 28.5 Å². The van der Waals surface area contributed by atoms with Crippen LogP contribution in [0.2, 0.25) is 5.02 Å². The minimum atomic E-state index is -3.80. The van der Waals surface area contributed by atoms with Crippen LogP contribution in [0.15, 0.2) is 48.5 Å². The highest BCUT2D eigenvalue weighted by molar-refractivity contribution is 7.92. The molecule has 0 radical (unpaired) electrons. The number of carbonyl (C=O) groups is 2. The second-order valence-corrected chi connectivity index (χ2v) is 10.8. The van der Waals surface area contributed by atoms with Gasteiger partial charge in [-0.05, 0) is 56.9 Å². The van der Waals surface area contributed by atoms with E-state index in [0.29, 0.717) is 22.7 Å². The summed E-state index contributed by atoms with van der Waals surface area (Å²) in [6, 6.07) is 13.7. The summed E-state index contributed by atoms with van der Waals surface area (Å²) in [5.74, 6) is -0.742. The van der Waals surface area contributed by atoms with Gasteiger partial charge in [0.25, 0.3) is 0 Å². The molecule has 0 aliphatic heterocycles. The molecule has 0 fully saturated rings. The fraction of sp³-hybridized carbons (Fsp3) is 0.440. The molecule has 0 bridgehead atoms. The van der Waals surface area contributed by atoms with Gasteiger partial charge in [0, 0.05) is 17.6 Å². The highest BCUT2D eigenvalue weighted by atomic mass is 35.5. The predicted octanol–water partition coefficient (Wildman–Crippen LogP) is 3.79. The van der Waals surface area contributed by atoms with Crippen LogP contribution < -0.4 is 9.62 Å². The monoisotopic (exact) mass is 507 g/mol. The van der Waals surface area contributed by atoms with Crippen molar-refractivity contribution in [2.45, 2.75) is 52.6 Å². The van der Waals surface area contributed by atoms with E-state index >= 15 is 0 Å². The van der Waals surface area contributed by atoms with Crippen molar-refractivity contribution >= 4 is 39.1 Å². The van der Waals surface area contributed by atoms with Crippen LogP contribution >= 0.6 is 11.6 Å². The summed E-state index contributed by atoms with van der Waals surface area (Å²) in [7, 11) is -3.80. The van der Waals surface area contributed by atoms with Crippen LogP contribution in [0.25, 0.3) is 0 Å². The predicted molar refractivity (Wildman–Crippen MR) is 138 cm³/mol. The fourth-order valence-corrected chi connectivity index (χ4v) is 4.57. The molecule has 0 aromatic heterocycles. The van der Waals surface area contributed by atoms with Gasteiger partial charge in [0.1, 0.15) is 12.6 Å². The lowest BCUT2D eigenvalue weighted by atomic mass is 10.1. The van der Waals surface area contributed by atoms with Gasteiger partial charge >= 0.3 is 0 Å². The fourth-order valence-electron chi connectivity index (χ4n) is 3.50. The zero-order valence-corrected chi connectivity index (χ0v) is 22.0. The molecule has 2 atom stereocenters. The Morgan fingerprint density at radius 3 is 2.29 bits per heavy atom. The van der Waals surface area contributed by atoms with Crippen molar-refractivity contribution in [3.63, 3.8) is 0 Å². The van der Waals surface area contributed by atoms with Crippen molar-refractivity contribution in [3.05, 3.63) is 64.7 Å². The summed E-state index contributed by atoms with van der Waals surface area (Å²) in [4.78, 5) is 27.8. The number of hydrogen-bond acceptors (Lipinski definition) is 4. The van der Waals surface area contributed by atoms with Crippen LogP contribution in [0, 0.1) is 6.92 Å². The first-order chi connectivity index (χ1) is 16.0. The maximum atomic E-state index is 13.5. The third-order valence-electron chi connectivity index (χ3n) is 5.84. The zero-order valence-electron chi connectivity index (χ0n) is 20.4. The van der Waals surface area contributed by atoms with E-state index in [0.717, 1.165) is 22.5 Å². The van der Waals surface area contributed by atoms with Crippen LogP contribution in [0.1, 0.15) is 38.3 Å². The number of amides is 2. The third-order valence-corrected chi connectivity index (χ3v) is 7.38. The molecule has 0 heterocycles. The molecule has 34 heavy (non-hydrogen) atoms. The summed E-state index contributed by atoms with van der Waals surface area (Å²) in [6.07, 6.45) is 2.34. The quantitative estimate of drug-likeness (QED) is 0.501. The van der Waals surface area contributed by atoms with Gasteiger partial charge in [-0.1, -0.05) is 54.9 Å². The van der Waals surface area contributed by atoms with E-state index in [2.05, 4.69) is 5.32 Å². The van der Waals surface area contributed by atoms with Gasteiger partial charge in [-0.15, -0.1) is 0 Å². The van der Waals surface area contributed by atoms with Gasteiger partial charge in [-0.25, -0.2) is 8.42 Å². The highest BCUT2D eigenvalue weighted by Gasteiger charge is 2.30. The third kappa shape index (κ3) is 7.46. The van der Waals surface area contributed by atoms with Gasteiger partial charge in [-0.2, -0.15) is 0 Å². The van der Waals surface area contributed by atoms with Crippen LogP contribution in [0.4, 0.5) is 5.69 Å². The minimum absolute atomic E-state index is 0.0392. The highest BCUT2D eigenvalue weighted by Crippen LogP contribution is 2.28. The van der Waals surface area contributed by atoms with Crippen LogP contribution in [0.5, 0.6) is 0 Å². The summed E-state index contributed by atoms with van der Waals surface area (Å²) >= 11 is 6.21. The maximum Gasteiger partial charge on any atom is 0.244 e. The van der Waals surface area contributed by atoms with Gasteiger partial charge in [0.2, 0.25) is 21.8 Å². The number of benzene rings is 2. The number of rotatable bonds is 11. The maximum absolute atomic E-state index is 13.5. The first-order valence-corrected chi connectivity index (χ1v) is 13.5. The molecular formula is C25H34ClN3O4S. The molecule has 2 amide bonds. The molecule has 1 N–H and O–H groups in total. The van der Waals surface area contributed by atoms with Gasteiger partial charge in [-0.3, -0.25) is 13.9 Å². The Labute approximate surface area is 208 Å². The zero-order chi connectivity index (χ0) is 25.5. The van der Waals surface area contributed by atoms with Crippen molar-refractivity contribution in [2.75, 3.05) is 23.7 Å². The van der Waals surface area contributed by atoms with Crippen LogP contribution in [-0.2, 0) is 26.0 Å². The van der Waals surface area contributed by atoms with E-state index in [4.69, 9.17) is 11.6 Å². The molecule has 7 nitrogen and oxygen atoms in total. The van der Waals surface area contributed by atoms with E-state index in [1.54, 1.807) is 32.0 Å². The van der Waals surface area contributed by atoms with Crippen molar-refractivity contribution in [1.29, 1.82) is 0 Å². The summed E-state index contributed by atoms with van der Waals surface area (Å²) in [5.41, 5.74) is 1.91. The largest absolute Gasteiger partial charge is 0.352 e. The van der Waals surface area contributed by atoms with E-state index in [1.165, 1.54) is 4.90 Å². The summed E-state index contributed by atoms with van der Waals surface area (Å²) in [5, 5.41) is 3.32. The van der Waals surface area contributed by atoms with Crippen LogP contribution in [0.3, 0.4) is 0 Å². The van der Waals surface area contributed by atoms with E-state index in [1.807, 2.05) is 44.2 Å². The summed E-state index contributed by atoms with van der Waals surface area (Å²) < 4.78 is 26.4. The SMILES string of the molecule is CC[C@@H](C)NC(=O)[C@@H](C)N(CCc1ccccc1)C(=O)CN(c1cccc(Cl)c1C)S(C)(=O)=O. The number of nitrogens with zero attached hydrogens (tertiary/aromatic N) is 2. The number of anilines is 1.